The quantitative estimate of drug-likeness (QED) is 0.243. The summed E-state index contributed by atoms with van der Waals surface area (Å²) in [5.74, 6) is -0.605. The van der Waals surface area contributed by atoms with Gasteiger partial charge in [0.15, 0.2) is 0 Å². The maximum atomic E-state index is 15.8. The van der Waals surface area contributed by atoms with E-state index in [9.17, 15) is 9.90 Å². The predicted molar refractivity (Wildman–Crippen MR) is 152 cm³/mol. The second kappa shape index (κ2) is 10.8. The van der Waals surface area contributed by atoms with Crippen LogP contribution < -0.4 is 4.74 Å². The zero-order chi connectivity index (χ0) is 27.8. The van der Waals surface area contributed by atoms with Crippen LogP contribution in [0.25, 0.3) is 32.8 Å². The lowest BCUT2D eigenvalue weighted by molar-refractivity contribution is 0.0683. The maximum absolute atomic E-state index is 15.8. The second-order valence-corrected chi connectivity index (χ2v) is 10.3. The summed E-state index contributed by atoms with van der Waals surface area (Å²) in [6.45, 7) is 3.59. The van der Waals surface area contributed by atoms with Gasteiger partial charge in [0, 0.05) is 42.1 Å². The number of carbonyl (C=O) groups is 1. The first-order chi connectivity index (χ1) is 19.5. The third-order valence-electron chi connectivity index (χ3n) is 7.81. The van der Waals surface area contributed by atoms with Crippen molar-refractivity contribution in [2.75, 3.05) is 13.2 Å². The topological polar surface area (TPSA) is 78.5 Å². The van der Waals surface area contributed by atoms with Crippen LogP contribution in [0, 0.1) is 12.7 Å². The van der Waals surface area contributed by atoms with Crippen molar-refractivity contribution in [2.24, 2.45) is 7.05 Å². The van der Waals surface area contributed by atoms with Gasteiger partial charge in [0.1, 0.15) is 17.3 Å². The van der Waals surface area contributed by atoms with Gasteiger partial charge in [-0.25, -0.2) is 9.18 Å². The number of aromatic carboxylic acids is 1. The van der Waals surface area contributed by atoms with Gasteiger partial charge in [-0.1, -0.05) is 36.4 Å². The number of benzene rings is 3. The minimum atomic E-state index is -1.01. The fraction of sp³-hybridized carbons (Fsp3) is 0.312. The Hall–Kier alpha value is -4.17. The van der Waals surface area contributed by atoms with E-state index in [1.165, 1.54) is 6.07 Å². The van der Waals surface area contributed by atoms with Crippen LogP contribution in [-0.2, 0) is 31.4 Å². The number of hydrogen-bond acceptors (Lipinski definition) is 4. The summed E-state index contributed by atoms with van der Waals surface area (Å²) in [5.41, 5.74) is 4.07. The number of carboxylic acids is 1. The first-order valence-corrected chi connectivity index (χ1v) is 13.7. The minimum Gasteiger partial charge on any atom is -0.493 e. The van der Waals surface area contributed by atoms with Gasteiger partial charge in [-0.2, -0.15) is 5.10 Å². The molecular formula is C32H32FN3O4. The van der Waals surface area contributed by atoms with E-state index >= 15 is 4.39 Å². The van der Waals surface area contributed by atoms with Gasteiger partial charge in [-0.15, -0.1) is 0 Å². The van der Waals surface area contributed by atoms with Crippen molar-refractivity contribution < 1.29 is 23.8 Å². The van der Waals surface area contributed by atoms with Crippen LogP contribution in [0.3, 0.4) is 0 Å². The molecule has 206 valence electrons. The number of halogens is 1. The van der Waals surface area contributed by atoms with Crippen LogP contribution in [0.5, 0.6) is 5.75 Å². The zero-order valence-electron chi connectivity index (χ0n) is 22.7. The first kappa shape index (κ1) is 26.1. The molecule has 0 aliphatic carbocycles. The molecule has 7 nitrogen and oxygen atoms in total. The van der Waals surface area contributed by atoms with Gasteiger partial charge in [0.25, 0.3) is 0 Å². The van der Waals surface area contributed by atoms with Crippen molar-refractivity contribution >= 4 is 27.6 Å². The molecule has 0 atom stereocenters. The third-order valence-corrected chi connectivity index (χ3v) is 7.81. The molecule has 0 fully saturated rings. The molecule has 2 aromatic heterocycles. The Morgan fingerprint density at radius 3 is 2.75 bits per heavy atom. The van der Waals surface area contributed by atoms with E-state index in [4.69, 9.17) is 9.47 Å². The molecule has 3 aromatic carbocycles. The van der Waals surface area contributed by atoms with Gasteiger partial charge in [0.2, 0.25) is 0 Å². The van der Waals surface area contributed by atoms with Gasteiger partial charge < -0.3 is 19.1 Å². The Balaban J connectivity index is 1.42. The number of nitrogens with zero attached hydrogens (tertiary/aromatic N) is 3. The van der Waals surface area contributed by atoms with Crippen molar-refractivity contribution in [3.8, 4) is 16.9 Å². The SMILES string of the molecule is Cc1nn(C)c2c1-c1c(F)ccc3c(CCCOc4cccc5ccccc45)c(C(=O)O)n(c13)CCCCOC2. The lowest BCUT2D eigenvalue weighted by Crippen LogP contribution is -2.12. The van der Waals surface area contributed by atoms with Crippen molar-refractivity contribution in [1.29, 1.82) is 0 Å². The fourth-order valence-corrected chi connectivity index (χ4v) is 6.04. The Morgan fingerprint density at radius 1 is 1.07 bits per heavy atom. The van der Waals surface area contributed by atoms with Gasteiger partial charge >= 0.3 is 5.97 Å². The van der Waals surface area contributed by atoms with Crippen molar-refractivity contribution in [1.82, 2.24) is 14.3 Å². The highest BCUT2D eigenvalue weighted by Crippen LogP contribution is 2.40. The van der Waals surface area contributed by atoms with Crippen molar-refractivity contribution in [3.05, 3.63) is 83.1 Å². The predicted octanol–water partition coefficient (Wildman–Crippen LogP) is 6.66. The van der Waals surface area contributed by atoms with Crippen LogP contribution in [0.2, 0.25) is 0 Å². The van der Waals surface area contributed by atoms with Gasteiger partial charge in [0.05, 0.1) is 30.1 Å². The maximum Gasteiger partial charge on any atom is 0.352 e. The monoisotopic (exact) mass is 541 g/mol. The molecule has 0 unspecified atom stereocenters. The molecule has 6 rings (SSSR count). The van der Waals surface area contributed by atoms with Gasteiger partial charge in [-0.3, -0.25) is 4.68 Å². The number of aryl methyl sites for hydroxylation is 4. The highest BCUT2D eigenvalue weighted by molar-refractivity contribution is 6.04. The lowest BCUT2D eigenvalue weighted by Gasteiger charge is -2.13. The largest absolute Gasteiger partial charge is 0.493 e. The summed E-state index contributed by atoms with van der Waals surface area (Å²) in [6, 6.07) is 17.2. The van der Waals surface area contributed by atoms with Crippen LogP contribution in [0.15, 0.2) is 54.6 Å². The van der Waals surface area contributed by atoms with Crippen molar-refractivity contribution in [3.63, 3.8) is 0 Å². The summed E-state index contributed by atoms with van der Waals surface area (Å²) in [6.07, 6.45) is 2.59. The lowest BCUT2D eigenvalue weighted by atomic mass is 9.97. The summed E-state index contributed by atoms with van der Waals surface area (Å²) in [7, 11) is 1.83. The summed E-state index contributed by atoms with van der Waals surface area (Å²) in [4.78, 5) is 12.7. The molecule has 40 heavy (non-hydrogen) atoms. The van der Waals surface area contributed by atoms with E-state index in [2.05, 4.69) is 5.10 Å². The average Bonchev–Trinajstić information content (AvgIpc) is 3.39. The number of aromatic nitrogens is 3. The van der Waals surface area contributed by atoms with E-state index in [1.807, 2.05) is 56.4 Å². The molecule has 1 aliphatic heterocycles. The fourth-order valence-electron chi connectivity index (χ4n) is 6.04. The highest BCUT2D eigenvalue weighted by Gasteiger charge is 2.29. The normalized spacial score (nSPS) is 13.8. The number of carboxylic acid groups (broad SMARTS) is 1. The van der Waals surface area contributed by atoms with E-state index in [-0.39, 0.29) is 5.69 Å². The molecule has 0 amide bonds. The minimum absolute atomic E-state index is 0.218. The second-order valence-electron chi connectivity index (χ2n) is 10.3. The van der Waals surface area contributed by atoms with Crippen LogP contribution in [0.4, 0.5) is 4.39 Å². The molecule has 1 aliphatic rings. The molecule has 0 radical (unpaired) electrons. The molecular weight excluding hydrogens is 509 g/mol. The zero-order valence-corrected chi connectivity index (χ0v) is 22.7. The molecule has 5 aromatic rings. The van der Waals surface area contributed by atoms with Crippen LogP contribution >= 0.6 is 0 Å². The van der Waals surface area contributed by atoms with Crippen molar-refractivity contribution in [2.45, 2.75) is 45.8 Å². The Kier molecular flexibility index (Phi) is 7.02. The Bertz CT molecular complexity index is 1730. The van der Waals surface area contributed by atoms with Crippen LogP contribution in [-0.4, -0.2) is 38.6 Å². The molecule has 1 N–H and O–H groups in total. The molecule has 0 bridgehead atoms. The summed E-state index contributed by atoms with van der Waals surface area (Å²) >= 11 is 0. The van der Waals surface area contributed by atoms with E-state index in [0.29, 0.717) is 67.1 Å². The number of ether oxygens (including phenoxy) is 2. The molecule has 0 spiro atoms. The number of fused-ring (bicyclic) bond motifs is 3. The average molecular weight is 542 g/mol. The molecule has 0 saturated heterocycles. The third kappa shape index (κ3) is 4.52. The van der Waals surface area contributed by atoms with E-state index in [1.54, 1.807) is 15.3 Å². The first-order valence-electron chi connectivity index (χ1n) is 13.7. The Morgan fingerprint density at radius 2 is 1.90 bits per heavy atom. The molecule has 3 heterocycles. The van der Waals surface area contributed by atoms with E-state index < -0.39 is 11.8 Å². The van der Waals surface area contributed by atoms with E-state index in [0.717, 1.165) is 40.4 Å². The smallest absolute Gasteiger partial charge is 0.352 e. The molecule has 8 heteroatoms. The summed E-state index contributed by atoms with van der Waals surface area (Å²) < 4.78 is 31.4. The summed E-state index contributed by atoms with van der Waals surface area (Å²) in [5, 5.41) is 17.9. The Labute approximate surface area is 231 Å². The van der Waals surface area contributed by atoms with Gasteiger partial charge in [-0.05, 0) is 61.8 Å². The number of hydrogen-bond donors (Lipinski definition) is 1. The number of rotatable bonds is 6. The van der Waals surface area contributed by atoms with Crippen LogP contribution in [0.1, 0.15) is 46.7 Å². The highest BCUT2D eigenvalue weighted by atomic mass is 19.1. The standard InChI is InChI=1S/C32H32FN3O4/c1-20-28-26(35(2)34-20)19-39-17-6-5-16-36-30-24(14-15-25(33)29(28)30)23(31(36)32(37)38)12-8-18-40-27-13-7-10-21-9-3-4-11-22(21)27/h3-4,7,9-11,13-15H,5-6,8,12,16-19H2,1-2H3,(H,37,38). The molecule has 0 saturated carbocycles.